The van der Waals surface area contributed by atoms with Crippen LogP contribution in [0, 0.1) is 10.5 Å². The van der Waals surface area contributed by atoms with E-state index in [1.165, 1.54) is 0 Å². The van der Waals surface area contributed by atoms with Gasteiger partial charge in [0.25, 0.3) is 0 Å². The molecule has 0 spiro atoms. The van der Waals surface area contributed by atoms with Crippen LogP contribution in [0.3, 0.4) is 0 Å². The summed E-state index contributed by atoms with van der Waals surface area (Å²) in [4.78, 5) is 11.5. The smallest absolute Gasteiger partial charge is 0.238 e. The van der Waals surface area contributed by atoms with Crippen molar-refractivity contribution in [2.75, 3.05) is 18.4 Å². The fraction of sp³-hybridized carbons (Fsp3) is 0.250. The number of halogens is 1. The summed E-state index contributed by atoms with van der Waals surface area (Å²) in [5, 5.41) is 5.81. The van der Waals surface area contributed by atoms with E-state index in [0.717, 1.165) is 14.8 Å². The highest BCUT2D eigenvalue weighted by Crippen LogP contribution is 2.17. The molecule has 1 aromatic rings. The average molecular weight is 330 g/mol. The van der Waals surface area contributed by atoms with Gasteiger partial charge in [-0.15, -0.1) is 6.58 Å². The minimum atomic E-state index is -0.0360. The molecule has 4 heteroatoms. The van der Waals surface area contributed by atoms with Gasteiger partial charge in [-0.2, -0.15) is 0 Å². The number of hydrogen-bond donors (Lipinski definition) is 2. The fourth-order valence-corrected chi connectivity index (χ4v) is 1.90. The highest BCUT2D eigenvalue weighted by Gasteiger charge is 2.03. The van der Waals surface area contributed by atoms with E-state index in [2.05, 4.69) is 39.8 Å². The quantitative estimate of drug-likeness (QED) is 0.494. The third-order valence-corrected chi connectivity index (χ3v) is 2.71. The summed E-state index contributed by atoms with van der Waals surface area (Å²) in [6.45, 7) is 6.49. The van der Waals surface area contributed by atoms with Gasteiger partial charge in [-0.1, -0.05) is 6.08 Å². The number of carbonyl (C=O) groups is 1. The number of hydrogen-bond acceptors (Lipinski definition) is 2. The third kappa shape index (κ3) is 4.32. The summed E-state index contributed by atoms with van der Waals surface area (Å²) in [7, 11) is 0. The summed E-state index contributed by atoms with van der Waals surface area (Å²) < 4.78 is 1.16. The van der Waals surface area contributed by atoms with Crippen molar-refractivity contribution in [1.29, 1.82) is 0 Å². The lowest BCUT2D eigenvalue weighted by Gasteiger charge is -2.08. The molecule has 0 aliphatic heterocycles. The average Bonchev–Trinajstić information content (AvgIpc) is 2.23. The summed E-state index contributed by atoms with van der Waals surface area (Å²) in [5.41, 5.74) is 1.94. The fourth-order valence-electron chi connectivity index (χ4n) is 1.25. The molecule has 0 bridgehead atoms. The Kier molecular flexibility index (Phi) is 5.48. The molecule has 0 aromatic heterocycles. The topological polar surface area (TPSA) is 41.1 Å². The van der Waals surface area contributed by atoms with E-state index in [9.17, 15) is 4.79 Å². The second-order valence-corrected chi connectivity index (χ2v) is 4.67. The maximum atomic E-state index is 11.5. The van der Waals surface area contributed by atoms with Crippen LogP contribution in [0.15, 0.2) is 30.9 Å². The minimum absolute atomic E-state index is 0.0360. The van der Waals surface area contributed by atoms with Crippen molar-refractivity contribution in [3.8, 4) is 0 Å². The molecule has 0 heterocycles. The van der Waals surface area contributed by atoms with Crippen LogP contribution in [0.4, 0.5) is 5.69 Å². The maximum absolute atomic E-state index is 11.5. The van der Waals surface area contributed by atoms with Crippen LogP contribution in [0.5, 0.6) is 0 Å². The Morgan fingerprint density at radius 3 is 2.94 bits per heavy atom. The zero-order valence-electron chi connectivity index (χ0n) is 9.22. The van der Waals surface area contributed by atoms with E-state index in [1.807, 2.05) is 25.1 Å². The number of amides is 1. The van der Waals surface area contributed by atoms with Gasteiger partial charge in [0.1, 0.15) is 0 Å². The molecule has 1 aromatic carbocycles. The molecule has 3 nitrogen and oxygen atoms in total. The standard InChI is InChI=1S/C12H15IN2O/c1-3-6-14-8-12(16)15-11-5-4-10(13)7-9(11)2/h3-5,7,14H,1,6,8H2,2H3,(H,15,16). The molecular formula is C12H15IN2O. The molecule has 0 fully saturated rings. The van der Waals surface area contributed by atoms with E-state index in [0.29, 0.717) is 13.1 Å². The van der Waals surface area contributed by atoms with E-state index < -0.39 is 0 Å². The zero-order chi connectivity index (χ0) is 12.0. The molecule has 1 amide bonds. The number of nitrogens with one attached hydrogen (secondary N) is 2. The van der Waals surface area contributed by atoms with Gasteiger partial charge in [-0.05, 0) is 53.3 Å². The second-order valence-electron chi connectivity index (χ2n) is 3.43. The normalized spacial score (nSPS) is 9.88. The van der Waals surface area contributed by atoms with Gasteiger partial charge >= 0.3 is 0 Å². The Hall–Kier alpha value is -0.880. The molecule has 0 unspecified atom stereocenters. The molecule has 16 heavy (non-hydrogen) atoms. The lowest BCUT2D eigenvalue weighted by molar-refractivity contribution is -0.115. The molecule has 86 valence electrons. The second kappa shape index (κ2) is 6.65. The maximum Gasteiger partial charge on any atom is 0.238 e. The van der Waals surface area contributed by atoms with Crippen LogP contribution in [0.1, 0.15) is 5.56 Å². The summed E-state index contributed by atoms with van der Waals surface area (Å²) in [6.07, 6.45) is 1.73. The van der Waals surface area contributed by atoms with Crippen molar-refractivity contribution in [3.05, 3.63) is 40.0 Å². The predicted molar refractivity (Wildman–Crippen MR) is 75.6 cm³/mol. The molecule has 0 aliphatic carbocycles. The molecule has 2 N–H and O–H groups in total. The van der Waals surface area contributed by atoms with Crippen molar-refractivity contribution in [2.45, 2.75) is 6.92 Å². The summed E-state index contributed by atoms with van der Waals surface area (Å²) in [5.74, 6) is -0.0360. The minimum Gasteiger partial charge on any atom is -0.325 e. The number of anilines is 1. The number of carbonyl (C=O) groups excluding carboxylic acids is 1. The predicted octanol–water partition coefficient (Wildman–Crippen LogP) is 2.31. The van der Waals surface area contributed by atoms with Crippen molar-refractivity contribution in [3.63, 3.8) is 0 Å². The van der Waals surface area contributed by atoms with E-state index in [1.54, 1.807) is 6.08 Å². The van der Waals surface area contributed by atoms with E-state index in [-0.39, 0.29) is 5.91 Å². The van der Waals surface area contributed by atoms with E-state index in [4.69, 9.17) is 0 Å². The van der Waals surface area contributed by atoms with Gasteiger partial charge in [0.2, 0.25) is 5.91 Å². The van der Waals surface area contributed by atoms with Crippen LogP contribution in [-0.2, 0) is 4.79 Å². The van der Waals surface area contributed by atoms with Crippen LogP contribution in [0.2, 0.25) is 0 Å². The monoisotopic (exact) mass is 330 g/mol. The van der Waals surface area contributed by atoms with Crippen molar-refractivity contribution in [2.24, 2.45) is 0 Å². The first-order valence-electron chi connectivity index (χ1n) is 5.01. The van der Waals surface area contributed by atoms with Crippen LogP contribution in [0.25, 0.3) is 0 Å². The number of aryl methyl sites for hydroxylation is 1. The Balaban J connectivity index is 2.52. The highest BCUT2D eigenvalue weighted by molar-refractivity contribution is 14.1. The first-order valence-corrected chi connectivity index (χ1v) is 6.09. The lowest BCUT2D eigenvalue weighted by Crippen LogP contribution is -2.28. The summed E-state index contributed by atoms with van der Waals surface area (Å²) in [6, 6.07) is 5.93. The highest BCUT2D eigenvalue weighted by atomic mass is 127. The van der Waals surface area contributed by atoms with Gasteiger partial charge in [0, 0.05) is 15.8 Å². The Bertz CT molecular complexity index is 391. The number of rotatable bonds is 5. The lowest BCUT2D eigenvalue weighted by atomic mass is 10.2. The molecule has 0 radical (unpaired) electrons. The Morgan fingerprint density at radius 1 is 1.56 bits per heavy atom. The molecule has 0 saturated carbocycles. The third-order valence-electron chi connectivity index (χ3n) is 2.04. The largest absolute Gasteiger partial charge is 0.325 e. The van der Waals surface area contributed by atoms with E-state index >= 15 is 0 Å². The van der Waals surface area contributed by atoms with Crippen LogP contribution < -0.4 is 10.6 Å². The number of benzene rings is 1. The molecule has 0 aliphatic rings. The first-order chi connectivity index (χ1) is 7.63. The van der Waals surface area contributed by atoms with Crippen molar-refractivity contribution in [1.82, 2.24) is 5.32 Å². The van der Waals surface area contributed by atoms with Crippen molar-refractivity contribution < 1.29 is 4.79 Å². The SMILES string of the molecule is C=CCNCC(=O)Nc1ccc(I)cc1C. The van der Waals surface area contributed by atoms with Gasteiger partial charge in [0.05, 0.1) is 6.54 Å². The molecule has 1 rings (SSSR count). The Morgan fingerprint density at radius 2 is 2.31 bits per heavy atom. The van der Waals surface area contributed by atoms with Gasteiger partial charge in [-0.3, -0.25) is 4.79 Å². The van der Waals surface area contributed by atoms with Crippen molar-refractivity contribution >= 4 is 34.2 Å². The van der Waals surface area contributed by atoms with Gasteiger partial charge in [0.15, 0.2) is 0 Å². The van der Waals surface area contributed by atoms with Gasteiger partial charge in [-0.25, -0.2) is 0 Å². The molecule has 0 atom stereocenters. The Labute approximate surface area is 109 Å². The van der Waals surface area contributed by atoms with Crippen LogP contribution >= 0.6 is 22.6 Å². The van der Waals surface area contributed by atoms with Gasteiger partial charge < -0.3 is 10.6 Å². The molecule has 0 saturated heterocycles. The zero-order valence-corrected chi connectivity index (χ0v) is 11.4. The van der Waals surface area contributed by atoms with Crippen LogP contribution in [-0.4, -0.2) is 19.0 Å². The summed E-state index contributed by atoms with van der Waals surface area (Å²) >= 11 is 2.25. The first kappa shape index (κ1) is 13.2. The molecular weight excluding hydrogens is 315 g/mol.